The summed E-state index contributed by atoms with van der Waals surface area (Å²) < 4.78 is 5.50. The van der Waals surface area contributed by atoms with E-state index in [1.807, 2.05) is 12.0 Å². The molecule has 2 saturated carbocycles. The van der Waals surface area contributed by atoms with E-state index in [-0.39, 0.29) is 0 Å². The molecule has 1 aliphatic heterocycles. The highest BCUT2D eigenvalue weighted by Gasteiger charge is 2.40. The zero-order chi connectivity index (χ0) is 15.4. The number of nitrogens with one attached hydrogen (secondary N) is 1. The number of hydrogen-bond acceptors (Lipinski definition) is 1. The molecule has 126 valence electrons. The zero-order valence-corrected chi connectivity index (χ0v) is 14.7. The predicted octanol–water partition coefficient (Wildman–Crippen LogP) is 3.37. The summed E-state index contributed by atoms with van der Waals surface area (Å²) >= 11 is 0. The first kappa shape index (κ1) is 16.5. The molecule has 0 aromatic carbocycles. The van der Waals surface area contributed by atoms with E-state index in [4.69, 9.17) is 4.74 Å². The molecule has 0 aromatic rings. The number of piperidine rings is 1. The number of likely N-dealkylation sites (N-methyl/N-ethyl adjacent to an activating group) is 1. The number of rotatable bonds is 4. The summed E-state index contributed by atoms with van der Waals surface area (Å²) in [6, 6.07) is 1.76. The summed E-state index contributed by atoms with van der Waals surface area (Å²) in [6.07, 6.45) is 19.7. The lowest BCUT2D eigenvalue weighted by atomic mass is 9.76. The molecule has 2 heteroatoms. The number of hydrogen-bond donors (Lipinski definition) is 1. The molecular weight excluding hydrogens is 270 g/mol. The monoisotopic (exact) mass is 306 g/mol. The molecule has 1 heterocycles. The van der Waals surface area contributed by atoms with E-state index < -0.39 is 0 Å². The highest BCUT2D eigenvalue weighted by atomic mass is 16.5. The predicted molar refractivity (Wildman–Crippen MR) is 92.2 cm³/mol. The minimum absolute atomic E-state index is 0.528. The van der Waals surface area contributed by atoms with E-state index in [0.717, 1.165) is 23.9 Å². The van der Waals surface area contributed by atoms with Gasteiger partial charge in [-0.15, -0.1) is 0 Å². The first-order valence-corrected chi connectivity index (χ1v) is 9.88. The Morgan fingerprint density at radius 2 is 1.68 bits per heavy atom. The molecule has 2 aliphatic carbocycles. The molecule has 1 saturated heterocycles. The van der Waals surface area contributed by atoms with Crippen molar-refractivity contribution in [2.45, 2.75) is 89.3 Å². The molecule has 0 radical (unpaired) electrons. The maximum absolute atomic E-state index is 5.50. The van der Waals surface area contributed by atoms with Gasteiger partial charge in [0.05, 0.1) is 18.7 Å². The second-order valence-electron chi connectivity index (χ2n) is 7.92. The summed E-state index contributed by atoms with van der Waals surface area (Å²) in [5, 5.41) is 0. The first-order valence-electron chi connectivity index (χ1n) is 9.88. The minimum Gasteiger partial charge on any atom is -0.381 e. The molecule has 0 aromatic heterocycles. The van der Waals surface area contributed by atoms with Gasteiger partial charge < -0.3 is 9.64 Å². The van der Waals surface area contributed by atoms with Crippen molar-refractivity contribution in [3.05, 3.63) is 12.2 Å². The van der Waals surface area contributed by atoms with Crippen LogP contribution in [0.2, 0.25) is 0 Å². The van der Waals surface area contributed by atoms with Crippen LogP contribution in [0.3, 0.4) is 0 Å². The number of methoxy groups -OCH3 is 1. The summed E-state index contributed by atoms with van der Waals surface area (Å²) in [6.45, 7) is 3.71. The Balaban J connectivity index is 1.56. The van der Waals surface area contributed by atoms with Crippen LogP contribution in [0.5, 0.6) is 0 Å². The lowest BCUT2D eigenvalue weighted by Gasteiger charge is -2.44. The fourth-order valence-corrected chi connectivity index (χ4v) is 5.45. The summed E-state index contributed by atoms with van der Waals surface area (Å²) in [5.74, 6) is 1.85. The van der Waals surface area contributed by atoms with Crippen LogP contribution in [-0.2, 0) is 4.74 Å². The van der Waals surface area contributed by atoms with Gasteiger partial charge in [0.2, 0.25) is 0 Å². The van der Waals surface area contributed by atoms with Gasteiger partial charge in [0, 0.05) is 19.4 Å². The quantitative estimate of drug-likeness (QED) is 0.786. The first-order chi connectivity index (χ1) is 10.8. The smallest absolute Gasteiger partial charge is 0.106 e. The van der Waals surface area contributed by atoms with Crippen molar-refractivity contribution >= 4 is 0 Å². The van der Waals surface area contributed by atoms with Gasteiger partial charge in [0.15, 0.2) is 0 Å². The molecule has 22 heavy (non-hydrogen) atoms. The zero-order valence-electron chi connectivity index (χ0n) is 14.7. The Morgan fingerprint density at radius 1 is 0.909 bits per heavy atom. The molecule has 1 N–H and O–H groups in total. The summed E-state index contributed by atoms with van der Waals surface area (Å²) in [4.78, 5) is 1.90. The normalized spacial score (nSPS) is 43.2. The Hall–Kier alpha value is -0.340. The average Bonchev–Trinajstić information content (AvgIpc) is 2.59. The maximum Gasteiger partial charge on any atom is 0.106 e. The molecule has 3 rings (SSSR count). The summed E-state index contributed by atoms with van der Waals surface area (Å²) in [5.41, 5.74) is 0. The second-order valence-corrected chi connectivity index (χ2v) is 7.92. The van der Waals surface area contributed by atoms with Crippen LogP contribution in [0.1, 0.15) is 71.1 Å². The molecular formula is C20H36NO+. The number of allylic oxidation sites excluding steroid dienone is 1. The molecule has 0 amide bonds. The lowest BCUT2D eigenvalue weighted by Crippen LogP contribution is -3.20. The van der Waals surface area contributed by atoms with Gasteiger partial charge >= 0.3 is 0 Å². The molecule has 4 unspecified atom stereocenters. The number of quaternary nitrogens is 1. The van der Waals surface area contributed by atoms with Crippen LogP contribution < -0.4 is 4.90 Å². The van der Waals surface area contributed by atoms with Gasteiger partial charge in [-0.25, -0.2) is 0 Å². The topological polar surface area (TPSA) is 13.7 Å². The van der Waals surface area contributed by atoms with E-state index in [1.54, 1.807) is 0 Å². The van der Waals surface area contributed by atoms with Gasteiger partial charge in [0.1, 0.15) is 6.04 Å². The van der Waals surface area contributed by atoms with Crippen molar-refractivity contribution in [3.63, 3.8) is 0 Å². The third-order valence-corrected chi connectivity index (χ3v) is 6.79. The van der Waals surface area contributed by atoms with Crippen molar-refractivity contribution in [3.8, 4) is 0 Å². The van der Waals surface area contributed by atoms with E-state index in [9.17, 15) is 0 Å². The average molecular weight is 307 g/mol. The fourth-order valence-electron chi connectivity index (χ4n) is 5.45. The van der Waals surface area contributed by atoms with Gasteiger partial charge in [0.25, 0.3) is 0 Å². The molecule has 3 fully saturated rings. The standard InChI is InChI=1S/C20H35NO/c1-3-21-18(13-11-17-6-4-5-7-20(17)21)12-8-16-9-14-19(22-2)15-10-16/h8,12,16-20H,3-7,9-11,13-15H2,1-2H3/p+1/b12-8+. The van der Waals surface area contributed by atoms with Gasteiger partial charge in [-0.3, -0.25) is 0 Å². The second kappa shape index (κ2) is 7.97. The number of likely N-dealkylation sites (tertiary alicyclic amines) is 1. The largest absolute Gasteiger partial charge is 0.381 e. The minimum atomic E-state index is 0.528. The Morgan fingerprint density at radius 3 is 2.41 bits per heavy atom. The van der Waals surface area contributed by atoms with Crippen molar-refractivity contribution in [2.24, 2.45) is 11.8 Å². The Labute approximate surface area is 137 Å². The van der Waals surface area contributed by atoms with E-state index >= 15 is 0 Å². The van der Waals surface area contributed by atoms with Gasteiger partial charge in [-0.1, -0.05) is 12.5 Å². The lowest BCUT2D eigenvalue weighted by molar-refractivity contribution is -0.952. The fraction of sp³-hybridized carbons (Fsp3) is 0.900. The van der Waals surface area contributed by atoms with Crippen LogP contribution in [0, 0.1) is 11.8 Å². The van der Waals surface area contributed by atoms with Crippen LogP contribution in [-0.4, -0.2) is 31.8 Å². The third-order valence-electron chi connectivity index (χ3n) is 6.79. The van der Waals surface area contributed by atoms with E-state index in [1.165, 1.54) is 70.8 Å². The van der Waals surface area contributed by atoms with Crippen molar-refractivity contribution in [2.75, 3.05) is 13.7 Å². The van der Waals surface area contributed by atoms with Crippen LogP contribution >= 0.6 is 0 Å². The highest BCUT2D eigenvalue weighted by molar-refractivity contribution is 4.97. The van der Waals surface area contributed by atoms with Crippen molar-refractivity contribution in [1.29, 1.82) is 0 Å². The number of ether oxygens (including phenoxy) is 1. The summed E-state index contributed by atoms with van der Waals surface area (Å²) in [7, 11) is 1.87. The van der Waals surface area contributed by atoms with Gasteiger partial charge in [-0.2, -0.15) is 0 Å². The van der Waals surface area contributed by atoms with Crippen LogP contribution in [0.15, 0.2) is 12.2 Å². The van der Waals surface area contributed by atoms with Crippen molar-refractivity contribution in [1.82, 2.24) is 0 Å². The molecule has 3 aliphatic rings. The maximum atomic E-state index is 5.50. The third kappa shape index (κ3) is 3.76. The molecule has 0 spiro atoms. The van der Waals surface area contributed by atoms with Crippen LogP contribution in [0.4, 0.5) is 0 Å². The SMILES string of the molecule is CC[NH+]1C(/C=C/C2CCC(OC)CC2)CCC2CCCCC21. The molecule has 0 bridgehead atoms. The van der Waals surface area contributed by atoms with E-state index in [0.29, 0.717) is 6.10 Å². The molecule has 4 atom stereocenters. The Bertz CT molecular complexity index is 359. The number of fused-ring (bicyclic) bond motifs is 1. The van der Waals surface area contributed by atoms with Gasteiger partial charge in [-0.05, 0) is 70.3 Å². The van der Waals surface area contributed by atoms with E-state index in [2.05, 4.69) is 19.1 Å². The highest BCUT2D eigenvalue weighted by Crippen LogP contribution is 2.31. The molecule has 2 nitrogen and oxygen atoms in total. The van der Waals surface area contributed by atoms with Crippen molar-refractivity contribution < 1.29 is 9.64 Å². The Kier molecular flexibility index (Phi) is 5.98. The van der Waals surface area contributed by atoms with Crippen LogP contribution in [0.25, 0.3) is 0 Å².